The zero-order chi connectivity index (χ0) is 21.3. The number of nitrogens with zero attached hydrogens (tertiary/aromatic N) is 2. The van der Waals surface area contributed by atoms with Gasteiger partial charge in [0.2, 0.25) is 5.91 Å². The van der Waals surface area contributed by atoms with E-state index in [0.717, 1.165) is 27.8 Å². The van der Waals surface area contributed by atoms with Gasteiger partial charge in [0.05, 0.1) is 17.0 Å². The van der Waals surface area contributed by atoms with Crippen LogP contribution in [-0.4, -0.2) is 33.0 Å². The van der Waals surface area contributed by atoms with Crippen molar-refractivity contribution >= 4 is 57.8 Å². The fourth-order valence-corrected chi connectivity index (χ4v) is 4.74. The minimum absolute atomic E-state index is 0.0770. The number of imide groups is 1. The lowest BCUT2D eigenvalue weighted by Gasteiger charge is -2.21. The topological polar surface area (TPSA) is 57.7 Å². The molecule has 0 saturated carbocycles. The molecule has 7 heteroatoms. The van der Waals surface area contributed by atoms with E-state index in [9.17, 15) is 14.4 Å². The molecule has 2 aliphatic rings. The van der Waals surface area contributed by atoms with Crippen LogP contribution < -0.4 is 4.90 Å². The Labute approximate surface area is 184 Å². The smallest absolute Gasteiger partial charge is 0.266 e. The molecule has 1 atom stereocenters. The Balaban J connectivity index is 1.54. The van der Waals surface area contributed by atoms with Crippen LogP contribution in [-0.2, 0) is 14.4 Å². The van der Waals surface area contributed by atoms with E-state index in [4.69, 9.17) is 12.2 Å². The summed E-state index contributed by atoms with van der Waals surface area (Å²) in [6, 6.07) is 16.0. The van der Waals surface area contributed by atoms with Crippen molar-refractivity contribution in [2.24, 2.45) is 0 Å². The summed E-state index contributed by atoms with van der Waals surface area (Å²) in [6.45, 7) is 1.89. The highest BCUT2D eigenvalue weighted by atomic mass is 32.2. The average molecular weight is 435 g/mol. The van der Waals surface area contributed by atoms with Gasteiger partial charge >= 0.3 is 0 Å². The molecule has 2 aromatic carbocycles. The van der Waals surface area contributed by atoms with E-state index in [1.807, 2.05) is 49.4 Å². The van der Waals surface area contributed by atoms with Crippen molar-refractivity contribution in [3.05, 3.63) is 82.8 Å². The Hall–Kier alpha value is -3.03. The second kappa shape index (κ2) is 8.38. The predicted octanol–water partition coefficient (Wildman–Crippen LogP) is 4.08. The van der Waals surface area contributed by atoms with Crippen molar-refractivity contribution in [3.63, 3.8) is 0 Å². The number of anilines is 1. The number of allylic oxidation sites excluding steroid dienone is 2. The first-order chi connectivity index (χ1) is 14.5. The van der Waals surface area contributed by atoms with Gasteiger partial charge in [0.25, 0.3) is 11.8 Å². The molecule has 2 heterocycles. The molecule has 30 heavy (non-hydrogen) atoms. The van der Waals surface area contributed by atoms with Crippen LogP contribution in [0, 0.1) is 6.92 Å². The highest BCUT2D eigenvalue weighted by Crippen LogP contribution is 2.36. The molecule has 0 aliphatic carbocycles. The number of hydrogen-bond donors (Lipinski definition) is 0. The summed E-state index contributed by atoms with van der Waals surface area (Å²) in [6.07, 6.45) is 5.27. The predicted molar refractivity (Wildman–Crippen MR) is 123 cm³/mol. The summed E-state index contributed by atoms with van der Waals surface area (Å²) in [5.41, 5.74) is 2.46. The zero-order valence-corrected chi connectivity index (χ0v) is 17.8. The Morgan fingerprint density at radius 3 is 2.57 bits per heavy atom. The maximum absolute atomic E-state index is 13.0. The number of rotatable bonds is 4. The van der Waals surface area contributed by atoms with Gasteiger partial charge in [-0.3, -0.25) is 19.3 Å². The molecular formula is C23H18N2O3S2. The van der Waals surface area contributed by atoms with Crippen LogP contribution in [0.15, 0.2) is 71.7 Å². The molecule has 0 radical (unpaired) electrons. The van der Waals surface area contributed by atoms with Crippen LogP contribution >= 0.6 is 24.0 Å². The first kappa shape index (κ1) is 20.3. The molecule has 0 bridgehead atoms. The summed E-state index contributed by atoms with van der Waals surface area (Å²) in [5.74, 6) is -1.11. The van der Waals surface area contributed by atoms with Crippen molar-refractivity contribution in [1.82, 2.24) is 4.90 Å². The van der Waals surface area contributed by atoms with E-state index < -0.39 is 11.9 Å². The number of amides is 3. The fourth-order valence-electron chi connectivity index (χ4n) is 3.43. The van der Waals surface area contributed by atoms with Gasteiger partial charge in [-0.15, -0.1) is 0 Å². The SMILES string of the molecule is Cc1cccc(N2C(=O)C[C@H](N3C(=O)/C(=C/C=C/c4ccccc4)SC3=S)C2=O)c1. The number of benzene rings is 2. The summed E-state index contributed by atoms with van der Waals surface area (Å²) < 4.78 is 0.289. The Kier molecular flexibility index (Phi) is 5.65. The summed E-state index contributed by atoms with van der Waals surface area (Å²) in [7, 11) is 0. The van der Waals surface area contributed by atoms with Crippen molar-refractivity contribution in [2.45, 2.75) is 19.4 Å². The highest BCUT2D eigenvalue weighted by Gasteiger charge is 2.48. The first-order valence-corrected chi connectivity index (χ1v) is 10.6. The van der Waals surface area contributed by atoms with Crippen molar-refractivity contribution in [3.8, 4) is 0 Å². The first-order valence-electron chi connectivity index (χ1n) is 9.38. The average Bonchev–Trinajstić information content (AvgIpc) is 3.17. The third-order valence-electron chi connectivity index (χ3n) is 4.85. The number of thioether (sulfide) groups is 1. The quantitative estimate of drug-likeness (QED) is 0.412. The largest absolute Gasteiger partial charge is 0.280 e. The van der Waals surface area contributed by atoms with Crippen LogP contribution in [0.1, 0.15) is 17.5 Å². The Morgan fingerprint density at radius 1 is 1.07 bits per heavy atom. The number of thiocarbonyl (C=S) groups is 1. The second-order valence-corrected chi connectivity index (χ2v) is 8.65. The highest BCUT2D eigenvalue weighted by molar-refractivity contribution is 8.26. The lowest BCUT2D eigenvalue weighted by molar-refractivity contribution is -0.130. The van der Waals surface area contributed by atoms with E-state index in [1.165, 1.54) is 4.90 Å². The summed E-state index contributed by atoms with van der Waals surface area (Å²) in [4.78, 5) is 41.4. The number of carbonyl (C=O) groups excluding carboxylic acids is 3. The summed E-state index contributed by atoms with van der Waals surface area (Å²) in [5, 5.41) is 0. The minimum atomic E-state index is -0.908. The van der Waals surface area contributed by atoms with E-state index in [-0.39, 0.29) is 22.6 Å². The Morgan fingerprint density at radius 2 is 1.83 bits per heavy atom. The molecule has 0 unspecified atom stereocenters. The number of carbonyl (C=O) groups is 3. The maximum atomic E-state index is 13.0. The van der Waals surface area contributed by atoms with Gasteiger partial charge in [0.15, 0.2) is 0 Å². The molecule has 2 saturated heterocycles. The fraction of sp³-hybridized carbons (Fsp3) is 0.130. The molecule has 150 valence electrons. The van der Waals surface area contributed by atoms with Crippen LogP contribution in [0.4, 0.5) is 5.69 Å². The molecule has 2 aliphatic heterocycles. The lowest BCUT2D eigenvalue weighted by Crippen LogP contribution is -2.44. The third kappa shape index (κ3) is 3.86. The molecule has 0 spiro atoms. The second-order valence-electron chi connectivity index (χ2n) is 6.97. The van der Waals surface area contributed by atoms with Crippen molar-refractivity contribution in [2.75, 3.05) is 4.90 Å². The molecular weight excluding hydrogens is 416 g/mol. The molecule has 2 aromatic rings. The van der Waals surface area contributed by atoms with Gasteiger partial charge in [-0.2, -0.15) is 0 Å². The third-order valence-corrected chi connectivity index (χ3v) is 6.20. The van der Waals surface area contributed by atoms with E-state index in [1.54, 1.807) is 30.4 Å². The molecule has 4 rings (SSSR count). The van der Waals surface area contributed by atoms with Crippen LogP contribution in [0.25, 0.3) is 6.08 Å². The van der Waals surface area contributed by atoms with E-state index >= 15 is 0 Å². The standard InChI is InChI=1S/C23H18N2O3S2/c1-15-7-5-11-17(13-15)24-20(26)14-18(21(24)27)25-22(28)19(30-23(25)29)12-6-10-16-8-3-2-4-9-16/h2-13,18H,14H2,1H3/b10-6+,19-12-/t18-/m0/s1. The van der Waals surface area contributed by atoms with Gasteiger partial charge in [-0.25, -0.2) is 4.90 Å². The molecule has 2 fully saturated rings. The van der Waals surface area contributed by atoms with Crippen LogP contribution in [0.2, 0.25) is 0 Å². The Bertz CT molecular complexity index is 1110. The normalized spacial score (nSPS) is 21.0. The van der Waals surface area contributed by atoms with Gasteiger partial charge in [0, 0.05) is 0 Å². The summed E-state index contributed by atoms with van der Waals surface area (Å²) >= 11 is 6.51. The number of hydrogen-bond acceptors (Lipinski definition) is 5. The molecule has 3 amide bonds. The van der Waals surface area contributed by atoms with E-state index in [2.05, 4.69) is 0 Å². The minimum Gasteiger partial charge on any atom is -0.280 e. The van der Waals surface area contributed by atoms with Crippen LogP contribution in [0.5, 0.6) is 0 Å². The maximum Gasteiger partial charge on any atom is 0.266 e. The van der Waals surface area contributed by atoms with Gasteiger partial charge in [-0.1, -0.05) is 78.6 Å². The van der Waals surface area contributed by atoms with Gasteiger partial charge in [-0.05, 0) is 36.3 Å². The van der Waals surface area contributed by atoms with Gasteiger partial charge in [0.1, 0.15) is 10.4 Å². The van der Waals surface area contributed by atoms with E-state index in [0.29, 0.717) is 10.6 Å². The van der Waals surface area contributed by atoms with Crippen LogP contribution in [0.3, 0.4) is 0 Å². The number of aryl methyl sites for hydroxylation is 1. The van der Waals surface area contributed by atoms with Crippen molar-refractivity contribution < 1.29 is 14.4 Å². The van der Waals surface area contributed by atoms with Crippen molar-refractivity contribution in [1.29, 1.82) is 0 Å². The van der Waals surface area contributed by atoms with Gasteiger partial charge < -0.3 is 0 Å². The monoisotopic (exact) mass is 434 g/mol. The zero-order valence-electron chi connectivity index (χ0n) is 16.1. The molecule has 5 nitrogen and oxygen atoms in total. The lowest BCUT2D eigenvalue weighted by atomic mass is 10.2. The molecule has 0 N–H and O–H groups in total. The molecule has 0 aromatic heterocycles.